The van der Waals surface area contributed by atoms with Crippen LogP contribution in [0.5, 0.6) is 0 Å². The van der Waals surface area contributed by atoms with Crippen molar-refractivity contribution in [1.29, 1.82) is 0 Å². The van der Waals surface area contributed by atoms with Crippen LogP contribution >= 0.6 is 43.2 Å². The number of hydrazine groups is 1. The molecular formula is C12H12Br2N2S. The van der Waals surface area contributed by atoms with E-state index >= 15 is 0 Å². The van der Waals surface area contributed by atoms with E-state index in [4.69, 9.17) is 5.84 Å². The summed E-state index contributed by atoms with van der Waals surface area (Å²) in [4.78, 5) is 1.23. The van der Waals surface area contributed by atoms with E-state index in [1.807, 2.05) is 18.2 Å². The van der Waals surface area contributed by atoms with Crippen LogP contribution in [0.2, 0.25) is 0 Å². The Morgan fingerprint density at radius 1 is 1.18 bits per heavy atom. The van der Waals surface area contributed by atoms with Gasteiger partial charge in [0.25, 0.3) is 0 Å². The third kappa shape index (κ3) is 3.39. The molecule has 0 amide bonds. The topological polar surface area (TPSA) is 38.0 Å². The number of nitrogens with two attached hydrogens (primary N) is 1. The molecule has 0 saturated carbocycles. The smallest absolute Gasteiger partial charge is 0.0604 e. The molecule has 2 rings (SSSR count). The van der Waals surface area contributed by atoms with E-state index < -0.39 is 0 Å². The second-order valence-electron chi connectivity index (χ2n) is 3.68. The first-order valence-corrected chi connectivity index (χ1v) is 7.60. The van der Waals surface area contributed by atoms with Crippen LogP contribution in [-0.2, 0) is 6.42 Å². The zero-order chi connectivity index (χ0) is 12.3. The fourth-order valence-corrected chi connectivity index (χ4v) is 3.61. The molecule has 0 fully saturated rings. The third-order valence-electron chi connectivity index (χ3n) is 2.52. The Hall–Kier alpha value is -0.200. The van der Waals surface area contributed by atoms with Gasteiger partial charge >= 0.3 is 0 Å². The summed E-state index contributed by atoms with van der Waals surface area (Å²) in [6.07, 6.45) is 0.878. The van der Waals surface area contributed by atoms with Crippen molar-refractivity contribution < 1.29 is 0 Å². The number of nitrogens with one attached hydrogen (secondary N) is 1. The quantitative estimate of drug-likeness (QED) is 0.625. The Labute approximate surface area is 121 Å². The van der Waals surface area contributed by atoms with Crippen LogP contribution in [0, 0.1) is 0 Å². The number of benzene rings is 1. The average molecular weight is 376 g/mol. The highest BCUT2D eigenvalue weighted by Gasteiger charge is 2.14. The van der Waals surface area contributed by atoms with Crippen molar-refractivity contribution in [2.45, 2.75) is 12.5 Å². The summed E-state index contributed by atoms with van der Waals surface area (Å²) in [6, 6.07) is 10.5. The van der Waals surface area contributed by atoms with Gasteiger partial charge in [0, 0.05) is 13.8 Å². The van der Waals surface area contributed by atoms with Gasteiger partial charge in [-0.3, -0.25) is 11.3 Å². The van der Waals surface area contributed by atoms with Crippen molar-refractivity contribution in [3.8, 4) is 0 Å². The first-order valence-electron chi connectivity index (χ1n) is 5.14. The first-order chi connectivity index (χ1) is 8.20. The zero-order valence-corrected chi connectivity index (χ0v) is 13.0. The second kappa shape index (κ2) is 6.11. The van der Waals surface area contributed by atoms with Crippen molar-refractivity contribution >= 4 is 43.2 Å². The van der Waals surface area contributed by atoms with Crippen LogP contribution < -0.4 is 11.3 Å². The molecule has 17 heavy (non-hydrogen) atoms. The molecule has 1 heterocycles. The lowest BCUT2D eigenvalue weighted by Crippen LogP contribution is -2.29. The number of rotatable bonds is 4. The van der Waals surface area contributed by atoms with Crippen LogP contribution in [0.3, 0.4) is 0 Å². The van der Waals surface area contributed by atoms with E-state index in [-0.39, 0.29) is 6.04 Å². The van der Waals surface area contributed by atoms with Crippen molar-refractivity contribution in [3.63, 3.8) is 0 Å². The van der Waals surface area contributed by atoms with Crippen LogP contribution in [0.25, 0.3) is 0 Å². The highest BCUT2D eigenvalue weighted by molar-refractivity contribution is 9.10. The highest BCUT2D eigenvalue weighted by atomic mass is 79.9. The molecule has 0 saturated heterocycles. The molecule has 0 radical (unpaired) electrons. The Balaban J connectivity index is 2.16. The van der Waals surface area contributed by atoms with E-state index in [0.29, 0.717) is 0 Å². The maximum absolute atomic E-state index is 5.64. The Morgan fingerprint density at radius 3 is 2.41 bits per heavy atom. The molecule has 1 aromatic heterocycles. The molecule has 2 nitrogen and oxygen atoms in total. The molecule has 1 aromatic carbocycles. The van der Waals surface area contributed by atoms with E-state index in [2.05, 4.69) is 54.8 Å². The van der Waals surface area contributed by atoms with Gasteiger partial charge < -0.3 is 0 Å². The van der Waals surface area contributed by atoms with Crippen molar-refractivity contribution in [3.05, 3.63) is 55.1 Å². The summed E-state index contributed by atoms with van der Waals surface area (Å²) < 4.78 is 2.21. The van der Waals surface area contributed by atoms with Crippen molar-refractivity contribution in [2.24, 2.45) is 5.84 Å². The predicted molar refractivity (Wildman–Crippen MR) is 79.9 cm³/mol. The van der Waals surface area contributed by atoms with E-state index in [0.717, 1.165) is 15.4 Å². The monoisotopic (exact) mass is 374 g/mol. The number of hydrogen-bond donors (Lipinski definition) is 2. The minimum atomic E-state index is 0.144. The van der Waals surface area contributed by atoms with Gasteiger partial charge in [-0.2, -0.15) is 0 Å². The van der Waals surface area contributed by atoms with Gasteiger partial charge in [0.15, 0.2) is 0 Å². The Morgan fingerprint density at radius 2 is 1.88 bits per heavy atom. The summed E-state index contributed by atoms with van der Waals surface area (Å²) in [5, 5.41) is 2.06. The zero-order valence-electron chi connectivity index (χ0n) is 8.99. The number of thiophene rings is 1. The van der Waals surface area contributed by atoms with Gasteiger partial charge in [-0.25, -0.2) is 0 Å². The normalized spacial score (nSPS) is 12.6. The molecular weight excluding hydrogens is 364 g/mol. The van der Waals surface area contributed by atoms with Gasteiger partial charge in [0.2, 0.25) is 0 Å². The lowest BCUT2D eigenvalue weighted by atomic mass is 10.1. The lowest BCUT2D eigenvalue weighted by Gasteiger charge is -2.15. The molecule has 90 valence electrons. The highest BCUT2D eigenvalue weighted by Crippen LogP contribution is 2.30. The fourth-order valence-electron chi connectivity index (χ4n) is 1.64. The summed E-state index contributed by atoms with van der Waals surface area (Å²) in [5.41, 5.74) is 4.14. The molecule has 0 spiro atoms. The molecule has 0 aliphatic heterocycles. The maximum atomic E-state index is 5.64. The third-order valence-corrected chi connectivity index (χ3v) is 5.03. The summed E-state index contributed by atoms with van der Waals surface area (Å²) in [6.45, 7) is 0. The Kier molecular flexibility index (Phi) is 4.76. The van der Waals surface area contributed by atoms with Crippen LogP contribution in [0.4, 0.5) is 0 Å². The van der Waals surface area contributed by atoms with Crippen molar-refractivity contribution in [1.82, 2.24) is 5.43 Å². The molecule has 0 aliphatic carbocycles. The van der Waals surface area contributed by atoms with Gasteiger partial charge in [-0.1, -0.05) is 28.1 Å². The average Bonchev–Trinajstić information content (AvgIpc) is 2.75. The van der Waals surface area contributed by atoms with Gasteiger partial charge in [0.05, 0.1) is 6.04 Å². The summed E-state index contributed by atoms with van der Waals surface area (Å²) >= 11 is 8.68. The Bertz CT molecular complexity index is 482. The lowest BCUT2D eigenvalue weighted by molar-refractivity contribution is 0.559. The standard InChI is InChI=1S/C12H12Br2N2S/c13-9-3-1-8(2-4-9)7-11(16-15)12-10(14)5-6-17-12/h1-6,11,16H,7,15H2. The second-order valence-corrected chi connectivity index (χ2v) is 6.40. The van der Waals surface area contributed by atoms with Gasteiger partial charge in [-0.15, -0.1) is 11.3 Å². The fraction of sp³-hybridized carbons (Fsp3) is 0.167. The molecule has 1 unspecified atom stereocenters. The summed E-state index contributed by atoms with van der Waals surface area (Å²) in [7, 11) is 0. The van der Waals surface area contributed by atoms with E-state index in [1.165, 1.54) is 10.4 Å². The minimum Gasteiger partial charge on any atom is -0.271 e. The van der Waals surface area contributed by atoms with E-state index in [1.54, 1.807) is 11.3 Å². The van der Waals surface area contributed by atoms with Gasteiger partial charge in [0.1, 0.15) is 0 Å². The minimum absolute atomic E-state index is 0.144. The molecule has 3 N–H and O–H groups in total. The predicted octanol–water partition coefficient (Wildman–Crippen LogP) is 4.02. The largest absolute Gasteiger partial charge is 0.271 e. The molecule has 1 atom stereocenters. The van der Waals surface area contributed by atoms with E-state index in [9.17, 15) is 0 Å². The first kappa shape index (κ1) is 13.2. The van der Waals surface area contributed by atoms with Crippen LogP contribution in [0.15, 0.2) is 44.7 Å². The molecule has 0 aliphatic rings. The molecule has 5 heteroatoms. The van der Waals surface area contributed by atoms with Crippen LogP contribution in [-0.4, -0.2) is 0 Å². The molecule has 2 aromatic rings. The maximum Gasteiger partial charge on any atom is 0.0604 e. The SMILES string of the molecule is NNC(Cc1ccc(Br)cc1)c1sccc1Br. The summed E-state index contributed by atoms with van der Waals surface area (Å²) in [5.74, 6) is 5.64. The number of halogens is 2. The molecule has 0 bridgehead atoms. The van der Waals surface area contributed by atoms with Crippen molar-refractivity contribution in [2.75, 3.05) is 0 Å². The number of hydrogen-bond acceptors (Lipinski definition) is 3. The van der Waals surface area contributed by atoms with Crippen LogP contribution in [0.1, 0.15) is 16.5 Å². The van der Waals surface area contributed by atoms with Gasteiger partial charge in [-0.05, 0) is 51.5 Å².